The number of nitrogens with zero attached hydrogens (tertiary/aromatic N) is 1. The van der Waals surface area contributed by atoms with E-state index in [2.05, 4.69) is 35.4 Å². The van der Waals surface area contributed by atoms with Gasteiger partial charge in [0.2, 0.25) is 5.91 Å². The third-order valence-electron chi connectivity index (χ3n) is 5.08. The van der Waals surface area contributed by atoms with Crippen molar-refractivity contribution in [3.05, 3.63) is 59.7 Å². The summed E-state index contributed by atoms with van der Waals surface area (Å²) >= 11 is 0. The second kappa shape index (κ2) is 11.4. The molecular weight excluding hydrogens is 378 g/mol. The van der Waals surface area contributed by atoms with Gasteiger partial charge in [0.1, 0.15) is 11.8 Å². The molecular formula is C24H33N3O3. The van der Waals surface area contributed by atoms with Crippen molar-refractivity contribution in [1.82, 2.24) is 10.2 Å². The molecule has 1 atom stereocenters. The maximum Gasteiger partial charge on any atom is 0.251 e. The molecule has 2 amide bonds. The second-order valence-corrected chi connectivity index (χ2v) is 7.57. The minimum Gasteiger partial charge on any atom is -0.497 e. The van der Waals surface area contributed by atoms with Crippen LogP contribution in [0.3, 0.4) is 0 Å². The number of amides is 2. The number of carbonyl (C=O) groups is 2. The fraction of sp³-hybridized carbons (Fsp3) is 0.417. The third-order valence-corrected chi connectivity index (χ3v) is 5.08. The van der Waals surface area contributed by atoms with E-state index < -0.39 is 6.04 Å². The van der Waals surface area contributed by atoms with E-state index in [0.29, 0.717) is 11.3 Å². The monoisotopic (exact) mass is 411 g/mol. The van der Waals surface area contributed by atoms with Crippen LogP contribution in [0.5, 0.6) is 5.75 Å². The van der Waals surface area contributed by atoms with Crippen LogP contribution in [-0.4, -0.2) is 43.0 Å². The molecule has 0 aliphatic carbocycles. The Labute approximate surface area is 179 Å². The van der Waals surface area contributed by atoms with Crippen molar-refractivity contribution < 1.29 is 14.3 Å². The van der Waals surface area contributed by atoms with Crippen LogP contribution in [0.4, 0.5) is 5.69 Å². The minimum atomic E-state index is -0.647. The van der Waals surface area contributed by atoms with Crippen LogP contribution in [0.1, 0.15) is 43.6 Å². The van der Waals surface area contributed by atoms with Crippen LogP contribution in [0.25, 0.3) is 0 Å². The number of ether oxygens (including phenoxy) is 1. The topological polar surface area (TPSA) is 70.7 Å². The summed E-state index contributed by atoms with van der Waals surface area (Å²) in [6.07, 6.45) is 0. The van der Waals surface area contributed by atoms with Crippen molar-refractivity contribution in [2.45, 2.75) is 40.3 Å². The van der Waals surface area contributed by atoms with Crippen LogP contribution < -0.4 is 15.4 Å². The molecule has 0 aromatic heterocycles. The molecule has 0 saturated carbocycles. The normalized spacial score (nSPS) is 12.0. The van der Waals surface area contributed by atoms with E-state index in [1.165, 1.54) is 0 Å². The van der Waals surface area contributed by atoms with Gasteiger partial charge >= 0.3 is 0 Å². The minimum absolute atomic E-state index is 0.0638. The zero-order chi connectivity index (χ0) is 22.1. The van der Waals surface area contributed by atoms with E-state index in [9.17, 15) is 9.59 Å². The van der Waals surface area contributed by atoms with E-state index in [-0.39, 0.29) is 17.7 Å². The maximum atomic E-state index is 12.9. The maximum absolute atomic E-state index is 12.9. The number of hydrogen-bond donors (Lipinski definition) is 2. The van der Waals surface area contributed by atoms with Crippen molar-refractivity contribution in [1.29, 1.82) is 0 Å². The zero-order valence-corrected chi connectivity index (χ0v) is 18.6. The molecule has 6 nitrogen and oxygen atoms in total. The number of rotatable bonds is 10. The van der Waals surface area contributed by atoms with E-state index in [0.717, 1.165) is 30.9 Å². The number of methoxy groups -OCH3 is 1. The molecule has 2 aromatic rings. The summed E-state index contributed by atoms with van der Waals surface area (Å²) in [5.74, 6) is 0.0917. The van der Waals surface area contributed by atoms with Gasteiger partial charge in [0.15, 0.2) is 0 Å². The molecule has 6 heteroatoms. The Balaban J connectivity index is 2.07. The van der Waals surface area contributed by atoms with Crippen LogP contribution in [-0.2, 0) is 11.3 Å². The summed E-state index contributed by atoms with van der Waals surface area (Å²) in [6, 6.07) is 14.0. The zero-order valence-electron chi connectivity index (χ0n) is 18.6. The van der Waals surface area contributed by atoms with Gasteiger partial charge < -0.3 is 15.4 Å². The molecule has 30 heavy (non-hydrogen) atoms. The van der Waals surface area contributed by atoms with E-state index >= 15 is 0 Å². The molecule has 0 radical (unpaired) electrons. The lowest BCUT2D eigenvalue weighted by molar-refractivity contribution is -0.118. The van der Waals surface area contributed by atoms with Crippen LogP contribution in [0, 0.1) is 5.92 Å². The molecule has 0 bridgehead atoms. The predicted molar refractivity (Wildman–Crippen MR) is 121 cm³/mol. The molecule has 2 N–H and O–H groups in total. The molecule has 0 fully saturated rings. The summed E-state index contributed by atoms with van der Waals surface area (Å²) in [5.41, 5.74) is 2.35. The second-order valence-electron chi connectivity index (χ2n) is 7.57. The van der Waals surface area contributed by atoms with Gasteiger partial charge in [-0.25, -0.2) is 0 Å². The molecule has 0 saturated heterocycles. The first kappa shape index (κ1) is 23.4. The smallest absolute Gasteiger partial charge is 0.251 e. The highest BCUT2D eigenvalue weighted by Crippen LogP contribution is 2.16. The van der Waals surface area contributed by atoms with E-state index in [4.69, 9.17) is 4.74 Å². The summed E-state index contributed by atoms with van der Waals surface area (Å²) in [5, 5.41) is 5.81. The first-order valence-corrected chi connectivity index (χ1v) is 10.4. The summed E-state index contributed by atoms with van der Waals surface area (Å²) in [7, 11) is 1.57. The van der Waals surface area contributed by atoms with Crippen molar-refractivity contribution in [2.24, 2.45) is 5.92 Å². The molecule has 0 aliphatic heterocycles. The molecule has 1 unspecified atom stereocenters. The van der Waals surface area contributed by atoms with Gasteiger partial charge in [-0.2, -0.15) is 0 Å². The van der Waals surface area contributed by atoms with Gasteiger partial charge in [0.25, 0.3) is 5.91 Å². The predicted octanol–water partition coefficient (Wildman–Crippen LogP) is 3.93. The highest BCUT2D eigenvalue weighted by atomic mass is 16.5. The first-order valence-electron chi connectivity index (χ1n) is 10.4. The molecule has 2 aromatic carbocycles. The van der Waals surface area contributed by atoms with Crippen molar-refractivity contribution in [3.63, 3.8) is 0 Å². The van der Waals surface area contributed by atoms with Gasteiger partial charge in [0, 0.05) is 17.8 Å². The third kappa shape index (κ3) is 6.59. The standard InChI is InChI=1S/C24H33N3O3/c1-6-27(7-2)16-18-9-8-10-20(15-18)25-24(29)22(17(3)4)26-23(28)19-11-13-21(30-5)14-12-19/h8-15,17,22H,6-7,16H2,1-5H3,(H,25,29)(H,26,28). The first-order chi connectivity index (χ1) is 14.4. The number of nitrogens with one attached hydrogen (secondary N) is 2. The number of benzene rings is 2. The Morgan fingerprint density at radius 1 is 1.03 bits per heavy atom. The van der Waals surface area contributed by atoms with Crippen molar-refractivity contribution in [2.75, 3.05) is 25.5 Å². The van der Waals surface area contributed by atoms with E-state index in [1.54, 1.807) is 31.4 Å². The van der Waals surface area contributed by atoms with Crippen LogP contribution >= 0.6 is 0 Å². The Kier molecular flexibility index (Phi) is 8.87. The highest BCUT2D eigenvalue weighted by Gasteiger charge is 2.25. The van der Waals surface area contributed by atoms with Crippen LogP contribution in [0.15, 0.2) is 48.5 Å². The molecule has 162 valence electrons. The Morgan fingerprint density at radius 2 is 1.70 bits per heavy atom. The summed E-state index contributed by atoms with van der Waals surface area (Å²) in [6.45, 7) is 10.9. The Hall–Kier alpha value is -2.86. The fourth-order valence-corrected chi connectivity index (χ4v) is 3.17. The lowest BCUT2D eigenvalue weighted by Crippen LogP contribution is -2.47. The van der Waals surface area contributed by atoms with Gasteiger partial charge in [-0.05, 0) is 61.0 Å². The average Bonchev–Trinajstić information content (AvgIpc) is 2.75. The lowest BCUT2D eigenvalue weighted by atomic mass is 10.0. The number of hydrogen-bond acceptors (Lipinski definition) is 4. The molecule has 0 aliphatic rings. The lowest BCUT2D eigenvalue weighted by Gasteiger charge is -2.22. The summed E-state index contributed by atoms with van der Waals surface area (Å²) < 4.78 is 5.12. The quantitative estimate of drug-likeness (QED) is 0.621. The van der Waals surface area contributed by atoms with Crippen LogP contribution in [0.2, 0.25) is 0 Å². The fourth-order valence-electron chi connectivity index (χ4n) is 3.17. The Morgan fingerprint density at radius 3 is 2.27 bits per heavy atom. The van der Waals surface area contributed by atoms with Gasteiger partial charge in [0.05, 0.1) is 7.11 Å². The number of carbonyl (C=O) groups excluding carboxylic acids is 2. The van der Waals surface area contributed by atoms with Crippen molar-refractivity contribution in [3.8, 4) is 5.75 Å². The van der Waals surface area contributed by atoms with Gasteiger partial charge in [-0.1, -0.05) is 39.8 Å². The average molecular weight is 412 g/mol. The Bertz CT molecular complexity index is 830. The summed E-state index contributed by atoms with van der Waals surface area (Å²) in [4.78, 5) is 27.8. The number of anilines is 1. The van der Waals surface area contributed by atoms with E-state index in [1.807, 2.05) is 32.0 Å². The van der Waals surface area contributed by atoms with Crippen molar-refractivity contribution >= 4 is 17.5 Å². The van der Waals surface area contributed by atoms with Gasteiger partial charge in [-0.3, -0.25) is 14.5 Å². The molecule has 0 heterocycles. The highest BCUT2D eigenvalue weighted by molar-refractivity contribution is 6.01. The SMILES string of the molecule is CCN(CC)Cc1cccc(NC(=O)C(NC(=O)c2ccc(OC)cc2)C(C)C)c1. The molecule has 0 spiro atoms. The van der Waals surface area contributed by atoms with Gasteiger partial charge in [-0.15, -0.1) is 0 Å². The molecule has 2 rings (SSSR count). The largest absolute Gasteiger partial charge is 0.497 e.